The van der Waals surface area contributed by atoms with E-state index in [0.717, 1.165) is 54.1 Å². The van der Waals surface area contributed by atoms with Gasteiger partial charge in [-0.1, -0.05) is 12.1 Å². The largest absolute Gasteiger partial charge is 0.483 e. The van der Waals surface area contributed by atoms with E-state index in [0.29, 0.717) is 6.54 Å². The first-order valence-electron chi connectivity index (χ1n) is 11.0. The van der Waals surface area contributed by atoms with E-state index in [1.54, 1.807) is 6.26 Å². The van der Waals surface area contributed by atoms with E-state index in [4.69, 9.17) is 9.15 Å². The second-order valence-electron chi connectivity index (χ2n) is 9.69. The first kappa shape index (κ1) is 18.8. The monoisotopic (exact) mass is 393 g/mol. The number of carbonyl (C=O) groups excluding carboxylic acids is 1. The van der Waals surface area contributed by atoms with Crippen LogP contribution in [0, 0.1) is 31.6 Å². The van der Waals surface area contributed by atoms with Gasteiger partial charge in [0.1, 0.15) is 11.5 Å². The second kappa shape index (κ2) is 7.23. The molecule has 0 unspecified atom stereocenters. The normalized spacial score (nSPS) is 29.8. The lowest BCUT2D eigenvalue weighted by molar-refractivity contribution is -0.155. The van der Waals surface area contributed by atoms with Crippen molar-refractivity contribution in [3.63, 3.8) is 0 Å². The van der Waals surface area contributed by atoms with Crippen LogP contribution in [-0.4, -0.2) is 23.0 Å². The van der Waals surface area contributed by atoms with Crippen molar-refractivity contribution in [3.05, 3.63) is 53.5 Å². The molecule has 154 valence electrons. The predicted octanol–water partition coefficient (Wildman–Crippen LogP) is 5.27. The fourth-order valence-electron chi connectivity index (χ4n) is 6.57. The molecule has 4 nitrogen and oxygen atoms in total. The lowest BCUT2D eigenvalue weighted by Crippen LogP contribution is -2.61. The molecule has 4 bridgehead atoms. The smallest absolute Gasteiger partial charge is 0.261 e. The number of nitrogens with zero attached hydrogens (tertiary/aromatic N) is 1. The Hall–Kier alpha value is -2.23. The van der Waals surface area contributed by atoms with Gasteiger partial charge in [0.25, 0.3) is 5.91 Å². The van der Waals surface area contributed by atoms with Gasteiger partial charge in [-0.2, -0.15) is 0 Å². The molecule has 1 aromatic heterocycles. The molecule has 4 heteroatoms. The Balaban J connectivity index is 1.38. The topological polar surface area (TPSA) is 42.7 Å². The Morgan fingerprint density at radius 3 is 2.38 bits per heavy atom. The molecule has 4 saturated carbocycles. The molecular weight excluding hydrogens is 362 g/mol. The molecule has 0 radical (unpaired) electrons. The first-order valence-corrected chi connectivity index (χ1v) is 11.0. The minimum atomic E-state index is -0.0103. The third-order valence-corrected chi connectivity index (χ3v) is 7.68. The molecule has 6 rings (SSSR count). The number of furan rings is 1. The van der Waals surface area contributed by atoms with E-state index < -0.39 is 0 Å². The van der Waals surface area contributed by atoms with Crippen LogP contribution in [-0.2, 0) is 11.3 Å². The highest BCUT2D eigenvalue weighted by Gasteiger charge is 2.54. The number of benzene rings is 1. The number of rotatable bonds is 6. The third-order valence-electron chi connectivity index (χ3n) is 7.68. The summed E-state index contributed by atoms with van der Waals surface area (Å²) in [5, 5.41) is 0. The summed E-state index contributed by atoms with van der Waals surface area (Å²) in [4.78, 5) is 15.6. The SMILES string of the molecule is Cc1cccc(OCC(=O)N(Cc2ccco2)C23CC4CC(CC(C4)C2)C3)c1C. The van der Waals surface area contributed by atoms with Crippen molar-refractivity contribution in [1.82, 2.24) is 4.90 Å². The molecule has 1 heterocycles. The fraction of sp³-hybridized carbons (Fsp3) is 0.560. The van der Waals surface area contributed by atoms with Gasteiger partial charge in [-0.25, -0.2) is 0 Å². The van der Waals surface area contributed by atoms with Gasteiger partial charge < -0.3 is 14.1 Å². The average Bonchev–Trinajstić information content (AvgIpc) is 3.19. The van der Waals surface area contributed by atoms with E-state index in [1.807, 2.05) is 24.3 Å². The summed E-state index contributed by atoms with van der Waals surface area (Å²) in [7, 11) is 0. The molecule has 1 aromatic carbocycles. The first-order chi connectivity index (χ1) is 14.0. The maximum atomic E-state index is 13.5. The Kier molecular flexibility index (Phi) is 4.68. The summed E-state index contributed by atoms with van der Waals surface area (Å²) in [5.74, 6) is 4.11. The summed E-state index contributed by atoms with van der Waals surface area (Å²) >= 11 is 0. The van der Waals surface area contributed by atoms with Crippen LogP contribution >= 0.6 is 0 Å². The van der Waals surface area contributed by atoms with Crippen LogP contribution in [0.1, 0.15) is 55.4 Å². The van der Waals surface area contributed by atoms with E-state index in [1.165, 1.54) is 24.8 Å². The fourth-order valence-corrected chi connectivity index (χ4v) is 6.57. The van der Waals surface area contributed by atoms with Crippen molar-refractivity contribution in [2.24, 2.45) is 17.8 Å². The molecule has 2 aromatic rings. The van der Waals surface area contributed by atoms with Crippen LogP contribution in [0.15, 0.2) is 41.0 Å². The van der Waals surface area contributed by atoms with Gasteiger partial charge in [-0.15, -0.1) is 0 Å². The van der Waals surface area contributed by atoms with E-state index in [9.17, 15) is 4.79 Å². The van der Waals surface area contributed by atoms with Crippen molar-refractivity contribution < 1.29 is 13.9 Å². The number of ether oxygens (including phenoxy) is 1. The van der Waals surface area contributed by atoms with Gasteiger partial charge >= 0.3 is 0 Å². The van der Waals surface area contributed by atoms with Gasteiger partial charge in [-0.3, -0.25) is 4.79 Å². The highest BCUT2D eigenvalue weighted by molar-refractivity contribution is 5.79. The number of hydrogen-bond donors (Lipinski definition) is 0. The van der Waals surface area contributed by atoms with E-state index in [-0.39, 0.29) is 18.1 Å². The summed E-state index contributed by atoms with van der Waals surface area (Å²) in [5.41, 5.74) is 2.28. The lowest BCUT2D eigenvalue weighted by Gasteiger charge is -2.60. The highest BCUT2D eigenvalue weighted by Crippen LogP contribution is 2.58. The molecule has 29 heavy (non-hydrogen) atoms. The summed E-state index contributed by atoms with van der Waals surface area (Å²) < 4.78 is 11.7. The van der Waals surface area contributed by atoms with Crippen LogP contribution in [0.4, 0.5) is 0 Å². The number of amides is 1. The van der Waals surface area contributed by atoms with Crippen LogP contribution < -0.4 is 4.74 Å². The number of carbonyl (C=O) groups is 1. The van der Waals surface area contributed by atoms with Crippen LogP contribution in [0.25, 0.3) is 0 Å². The Morgan fingerprint density at radius 2 is 1.76 bits per heavy atom. The summed E-state index contributed by atoms with van der Waals surface area (Å²) in [6.45, 7) is 4.76. The second-order valence-corrected chi connectivity index (χ2v) is 9.69. The van der Waals surface area contributed by atoms with Gasteiger partial charge in [-0.05, 0) is 99.5 Å². The molecule has 0 aliphatic heterocycles. The highest BCUT2D eigenvalue weighted by atomic mass is 16.5. The predicted molar refractivity (Wildman–Crippen MR) is 112 cm³/mol. The zero-order valence-electron chi connectivity index (χ0n) is 17.5. The molecule has 0 N–H and O–H groups in total. The van der Waals surface area contributed by atoms with Gasteiger partial charge in [0.05, 0.1) is 12.8 Å². The Bertz CT molecular complexity index is 850. The minimum Gasteiger partial charge on any atom is -0.483 e. The van der Waals surface area contributed by atoms with Crippen LogP contribution in [0.2, 0.25) is 0 Å². The average molecular weight is 394 g/mol. The molecule has 0 atom stereocenters. The van der Waals surface area contributed by atoms with E-state index >= 15 is 0 Å². The zero-order chi connectivity index (χ0) is 20.0. The third kappa shape index (κ3) is 3.47. The van der Waals surface area contributed by atoms with Crippen LogP contribution in [0.3, 0.4) is 0 Å². The molecule has 0 spiro atoms. The van der Waals surface area contributed by atoms with Crippen molar-refractivity contribution in [3.8, 4) is 5.75 Å². The maximum absolute atomic E-state index is 13.5. The summed E-state index contributed by atoms with van der Waals surface area (Å²) in [6.07, 6.45) is 9.23. The molecular formula is C25H31NO3. The van der Waals surface area contributed by atoms with Crippen molar-refractivity contribution in [2.45, 2.75) is 64.5 Å². The van der Waals surface area contributed by atoms with E-state index in [2.05, 4.69) is 24.8 Å². The van der Waals surface area contributed by atoms with Crippen LogP contribution in [0.5, 0.6) is 5.75 Å². The number of hydrogen-bond acceptors (Lipinski definition) is 3. The van der Waals surface area contributed by atoms with Crippen molar-refractivity contribution in [2.75, 3.05) is 6.61 Å². The summed E-state index contributed by atoms with van der Waals surface area (Å²) in [6, 6.07) is 9.90. The number of aryl methyl sites for hydroxylation is 1. The Morgan fingerprint density at radius 1 is 1.07 bits per heavy atom. The van der Waals surface area contributed by atoms with Gasteiger partial charge in [0.15, 0.2) is 6.61 Å². The molecule has 4 fully saturated rings. The minimum absolute atomic E-state index is 0.0103. The van der Waals surface area contributed by atoms with Crippen molar-refractivity contribution >= 4 is 5.91 Å². The lowest BCUT2D eigenvalue weighted by atomic mass is 9.52. The zero-order valence-corrected chi connectivity index (χ0v) is 17.5. The Labute approximate surface area is 173 Å². The van der Waals surface area contributed by atoms with Gasteiger partial charge in [0, 0.05) is 5.54 Å². The quantitative estimate of drug-likeness (QED) is 0.671. The standard InChI is InChI=1S/C25H31NO3/c1-17-5-3-7-23(18(17)2)29-16-24(27)26(15-22-6-4-8-28-22)25-12-19-9-20(13-25)11-21(10-19)14-25/h3-8,19-21H,9-16H2,1-2H3. The molecule has 1 amide bonds. The maximum Gasteiger partial charge on any atom is 0.261 e. The van der Waals surface area contributed by atoms with Crippen molar-refractivity contribution in [1.29, 1.82) is 0 Å². The molecule has 4 aliphatic rings. The molecule has 0 saturated heterocycles. The van der Waals surface area contributed by atoms with Gasteiger partial charge in [0.2, 0.25) is 0 Å². The molecule has 4 aliphatic carbocycles.